The molecule has 0 fully saturated rings. The molecule has 1 unspecified atom stereocenters. The average molecular weight is 246 g/mol. The van der Waals surface area contributed by atoms with E-state index < -0.39 is 21.5 Å². The summed E-state index contributed by atoms with van der Waals surface area (Å²) in [5, 5.41) is 10.4. The molecule has 0 aliphatic heterocycles. The molecule has 0 aromatic heterocycles. The fraction of sp³-hybridized carbons (Fsp3) is 1.00. The van der Waals surface area contributed by atoms with E-state index in [9.17, 15) is 5.21 Å². The Kier molecular flexibility index (Phi) is 5.70. The van der Waals surface area contributed by atoms with Crippen molar-refractivity contribution in [3.05, 3.63) is 5.21 Å². The Morgan fingerprint density at radius 3 is 2.67 bits per heavy atom. The molecule has 4 nitrogen and oxygen atoms in total. The molecule has 0 aromatic rings. The van der Waals surface area contributed by atoms with Crippen LogP contribution >= 0.6 is 0 Å². The summed E-state index contributed by atoms with van der Waals surface area (Å²) in [7, 11) is 3.08. The van der Waals surface area contributed by atoms with Crippen molar-refractivity contribution in [2.75, 3.05) is 14.2 Å². The number of rotatable bonds is 4. The Hall–Kier alpha value is 0.570. The van der Waals surface area contributed by atoms with Crippen molar-refractivity contribution in [3.8, 4) is 0 Å². The maximum atomic E-state index is 10.4. The normalized spacial score (nSPS) is 14.8. The van der Waals surface area contributed by atoms with Crippen LogP contribution in [0.1, 0.15) is 6.92 Å². The molecule has 0 saturated heterocycles. The van der Waals surface area contributed by atoms with Crippen LogP contribution in [0, 0.1) is 5.21 Å². The molecule has 1 atom stereocenters. The van der Waals surface area contributed by atoms with Gasteiger partial charge < -0.3 is 0 Å². The number of hydroxylamine groups is 2. The van der Waals surface area contributed by atoms with Crippen molar-refractivity contribution in [2.24, 2.45) is 0 Å². The van der Waals surface area contributed by atoms with Crippen molar-refractivity contribution >= 4 is 0 Å². The molecule has 0 rings (SSSR count). The van der Waals surface area contributed by atoms with Crippen LogP contribution in [0.15, 0.2) is 0 Å². The number of nitrogens with one attached hydrogen (secondary N) is 1. The number of alkyl halides is 1. The first kappa shape index (κ1) is 9.57. The van der Waals surface area contributed by atoms with E-state index in [1.54, 1.807) is 7.11 Å². The molecule has 58 valence electrons. The molecule has 0 bridgehead atoms. The Morgan fingerprint density at radius 2 is 2.33 bits per heavy atom. The minimum absolute atomic E-state index is 0.191. The molecule has 0 saturated carbocycles. The number of halogens is 1. The van der Waals surface area contributed by atoms with Gasteiger partial charge in [0.05, 0.1) is 0 Å². The third kappa shape index (κ3) is 6.46. The number of hydrogen-bond donors (Lipinski definition) is 1. The summed E-state index contributed by atoms with van der Waals surface area (Å²) in [5.74, 6) is 0. The Morgan fingerprint density at radius 1 is 1.78 bits per heavy atom. The first-order valence-electron chi connectivity index (χ1n) is 2.50. The molecule has 0 spiro atoms. The topological polar surface area (TPSA) is 47.6 Å². The zero-order valence-corrected chi connectivity index (χ0v) is 7.88. The van der Waals surface area contributed by atoms with Crippen LogP contribution in [0.4, 0.5) is 0 Å². The van der Waals surface area contributed by atoms with Crippen LogP contribution in [-0.2, 0) is 4.84 Å². The van der Waals surface area contributed by atoms with Crippen molar-refractivity contribution in [3.63, 3.8) is 0 Å². The number of nitrogens with zero attached hydrogens (tertiary/aromatic N) is 1. The maximum absolute atomic E-state index is 10.4. The third-order valence-corrected chi connectivity index (χ3v) is 2.44. The Labute approximate surface area is 65.7 Å². The fourth-order valence-electron chi connectivity index (χ4n) is 0.388. The summed E-state index contributed by atoms with van der Waals surface area (Å²) in [6.45, 7) is 1.92. The predicted octanol–water partition coefficient (Wildman–Crippen LogP) is -3.08. The predicted molar refractivity (Wildman–Crippen MR) is 30.7 cm³/mol. The summed E-state index contributed by atoms with van der Waals surface area (Å²) in [6.07, 6.45) is 0. The van der Waals surface area contributed by atoms with Gasteiger partial charge in [0.15, 0.2) is 0 Å². The Balaban J connectivity index is 3.15. The van der Waals surface area contributed by atoms with Gasteiger partial charge in [-0.1, -0.05) is 0 Å². The molecule has 0 amide bonds. The van der Waals surface area contributed by atoms with Gasteiger partial charge >= 0.3 is 65.4 Å². The van der Waals surface area contributed by atoms with Crippen molar-refractivity contribution in [1.29, 1.82) is 0 Å². The molecule has 9 heavy (non-hydrogen) atoms. The fourth-order valence-corrected chi connectivity index (χ4v) is 1.93. The standard InChI is InChI=1S/C4H11IN2O2/c1-4(6-9-3)5-7(2)8/h4,6H,1-3H3/q-2. The van der Waals surface area contributed by atoms with E-state index in [1.165, 1.54) is 7.05 Å². The van der Waals surface area contributed by atoms with E-state index in [-0.39, 0.29) is 4.05 Å². The second-order valence-electron chi connectivity index (χ2n) is 1.46. The Bertz CT molecular complexity index is 71.6. The minimum atomic E-state index is -0.462. The molecule has 0 aliphatic carbocycles. The number of hydrogen-bond acceptors (Lipinski definition) is 4. The van der Waals surface area contributed by atoms with Crippen molar-refractivity contribution < 1.29 is 26.3 Å². The summed E-state index contributed by atoms with van der Waals surface area (Å²) in [6, 6.07) is 0. The third-order valence-electron chi connectivity index (χ3n) is 0.564. The first-order chi connectivity index (χ1) is 4.16. The van der Waals surface area contributed by atoms with Crippen LogP contribution in [0.5, 0.6) is 0 Å². The van der Waals surface area contributed by atoms with Gasteiger partial charge in [-0.3, -0.25) is 0 Å². The van der Waals surface area contributed by atoms with E-state index in [0.29, 0.717) is 0 Å². The van der Waals surface area contributed by atoms with E-state index in [0.717, 1.165) is 3.28 Å². The van der Waals surface area contributed by atoms with Gasteiger partial charge in [0.25, 0.3) is 0 Å². The van der Waals surface area contributed by atoms with Gasteiger partial charge in [-0.2, -0.15) is 0 Å². The molecule has 0 radical (unpaired) electrons. The summed E-state index contributed by atoms with van der Waals surface area (Å²) < 4.78 is 1.16. The molecular weight excluding hydrogens is 235 g/mol. The molecule has 0 aromatic carbocycles. The van der Waals surface area contributed by atoms with E-state index in [1.807, 2.05) is 6.92 Å². The van der Waals surface area contributed by atoms with Crippen LogP contribution < -0.4 is 27.0 Å². The van der Waals surface area contributed by atoms with Gasteiger partial charge in [0, 0.05) is 0 Å². The van der Waals surface area contributed by atoms with E-state index in [2.05, 4.69) is 10.3 Å². The summed E-state index contributed by atoms with van der Waals surface area (Å²) >= 11 is -0.462. The zero-order chi connectivity index (χ0) is 7.28. The van der Waals surface area contributed by atoms with Crippen LogP contribution in [0.2, 0.25) is 0 Å². The molecule has 1 N–H and O–H groups in total. The molecule has 5 heteroatoms. The van der Waals surface area contributed by atoms with Crippen LogP contribution in [0.3, 0.4) is 0 Å². The van der Waals surface area contributed by atoms with Gasteiger partial charge in [-0.15, -0.1) is 0 Å². The summed E-state index contributed by atoms with van der Waals surface area (Å²) in [4.78, 5) is 4.62. The second-order valence-corrected chi connectivity index (χ2v) is 5.24. The average Bonchev–Trinajstić information content (AvgIpc) is 1.63. The molecule has 0 heterocycles. The van der Waals surface area contributed by atoms with Crippen molar-refractivity contribution in [2.45, 2.75) is 11.0 Å². The van der Waals surface area contributed by atoms with Crippen molar-refractivity contribution in [1.82, 2.24) is 8.76 Å². The van der Waals surface area contributed by atoms with Gasteiger partial charge in [-0.05, 0) is 0 Å². The van der Waals surface area contributed by atoms with E-state index in [4.69, 9.17) is 0 Å². The zero-order valence-electron chi connectivity index (χ0n) is 5.72. The summed E-state index contributed by atoms with van der Waals surface area (Å²) in [5.41, 5.74) is 2.68. The quantitative estimate of drug-likeness (QED) is 0.188. The van der Waals surface area contributed by atoms with Crippen LogP contribution in [0.25, 0.3) is 0 Å². The van der Waals surface area contributed by atoms with E-state index >= 15 is 0 Å². The van der Waals surface area contributed by atoms with Gasteiger partial charge in [0.1, 0.15) is 0 Å². The van der Waals surface area contributed by atoms with Gasteiger partial charge in [-0.25, -0.2) is 0 Å². The van der Waals surface area contributed by atoms with Crippen LogP contribution in [-0.4, -0.2) is 21.5 Å². The monoisotopic (exact) mass is 246 g/mol. The molecule has 0 aliphatic rings. The molecular formula is C4H11IN2O2-2. The van der Waals surface area contributed by atoms with Gasteiger partial charge in [0.2, 0.25) is 0 Å². The second kappa shape index (κ2) is 5.36. The first-order valence-corrected chi connectivity index (χ1v) is 4.71. The SMILES string of the molecule is CONC(C)[I-]N(C)[O-].